The number of hydrogen-bond acceptors (Lipinski definition) is 2. The lowest BCUT2D eigenvalue weighted by molar-refractivity contribution is -0.115. The lowest BCUT2D eigenvalue weighted by Gasteiger charge is -1.91. The Morgan fingerprint density at radius 3 is 1.87 bits per heavy atom. The van der Waals surface area contributed by atoms with Crippen molar-refractivity contribution in [3.63, 3.8) is 0 Å². The number of nitrogens with two attached hydrogens (primary N) is 3. The minimum absolute atomic E-state index is 0. The van der Waals surface area contributed by atoms with Crippen LogP contribution in [0, 0.1) is 0 Å². The zero-order valence-electron chi connectivity index (χ0n) is 7.97. The Bertz CT molecular complexity index is 300. The summed E-state index contributed by atoms with van der Waals surface area (Å²) in [4.78, 5) is 13.1. The van der Waals surface area contributed by atoms with Crippen molar-refractivity contribution in [2.75, 3.05) is 0 Å². The van der Waals surface area contributed by atoms with E-state index in [4.69, 9.17) is 11.5 Å². The Hall–Kier alpha value is -2.04. The van der Waals surface area contributed by atoms with Crippen LogP contribution in [0.5, 0.6) is 0 Å². The van der Waals surface area contributed by atoms with E-state index >= 15 is 0 Å². The quantitative estimate of drug-likeness (QED) is 0.469. The van der Waals surface area contributed by atoms with Crippen LogP contribution in [0.25, 0.3) is 0 Å². The normalized spacial score (nSPS) is 7.53. The summed E-state index contributed by atoms with van der Waals surface area (Å²) in [6.45, 7) is 1.31. The van der Waals surface area contributed by atoms with Crippen LogP contribution < -0.4 is 17.2 Å². The van der Waals surface area contributed by atoms with Crippen molar-refractivity contribution in [1.29, 1.82) is 0 Å². The summed E-state index contributed by atoms with van der Waals surface area (Å²) in [6.07, 6.45) is 0. The summed E-state index contributed by atoms with van der Waals surface area (Å²) in [5.41, 5.74) is 15.6. The number of carbonyl (C=O) groups is 1. The third-order valence-corrected chi connectivity index (χ3v) is 1.01. The first kappa shape index (κ1) is 15.4. The van der Waals surface area contributed by atoms with E-state index in [2.05, 4.69) is 10.7 Å². The van der Waals surface area contributed by atoms with Gasteiger partial charge in [0, 0.05) is 6.92 Å². The number of aliphatic imine (C=N–C) groups is 1. The number of benzene rings is 1. The number of hydrogen-bond donors (Lipinski definition) is 3. The molecule has 6 N–H and O–H groups in total. The van der Waals surface area contributed by atoms with Gasteiger partial charge in [-0.1, -0.05) is 25.6 Å². The molecule has 84 valence electrons. The van der Waals surface area contributed by atoms with Gasteiger partial charge >= 0.3 is 0 Å². The van der Waals surface area contributed by atoms with Gasteiger partial charge in [-0.2, -0.15) is 0 Å². The van der Waals surface area contributed by atoms with Crippen molar-refractivity contribution in [1.82, 2.24) is 0 Å². The lowest BCUT2D eigenvalue weighted by atomic mass is 10.3. The molecule has 15 heavy (non-hydrogen) atoms. The van der Waals surface area contributed by atoms with Gasteiger partial charge in [0.25, 0.3) is 0 Å². The highest BCUT2D eigenvalue weighted by Gasteiger charge is 1.83. The minimum Gasteiger partial charge on any atom is -0.370 e. The molecule has 1 aromatic rings. The Balaban J connectivity index is 0. The molecular weight excluding hydrogens is 192 g/mol. The van der Waals surface area contributed by atoms with Crippen LogP contribution in [0.15, 0.2) is 35.3 Å². The molecule has 0 fully saturated rings. The van der Waals surface area contributed by atoms with Gasteiger partial charge in [-0.25, -0.2) is 4.99 Å². The second kappa shape index (κ2) is 8.55. The van der Waals surface area contributed by atoms with E-state index in [1.165, 1.54) is 6.92 Å². The molecule has 1 aromatic carbocycles. The van der Waals surface area contributed by atoms with Gasteiger partial charge in [0.1, 0.15) is 0 Å². The molecule has 5 nitrogen and oxygen atoms in total. The van der Waals surface area contributed by atoms with Crippen LogP contribution >= 0.6 is 0 Å². The second-order valence-electron chi connectivity index (χ2n) is 2.48. The highest BCUT2D eigenvalue weighted by atomic mass is 16.1. The molecule has 1 rings (SSSR count). The Labute approximate surface area is 90.0 Å². The maximum Gasteiger partial charge on any atom is 0.214 e. The third kappa shape index (κ3) is 12.0. The number of guanidine groups is 1. The van der Waals surface area contributed by atoms with Crippen LogP contribution in [0.1, 0.15) is 14.4 Å². The van der Waals surface area contributed by atoms with Gasteiger partial charge in [0.2, 0.25) is 5.91 Å². The molecule has 0 aliphatic carbocycles. The topological polar surface area (TPSA) is 107 Å². The number of rotatable bonds is 1. The molecule has 0 saturated heterocycles. The molecule has 1 amide bonds. The fraction of sp³-hybridized carbons (Fsp3) is 0.200. The van der Waals surface area contributed by atoms with Crippen molar-refractivity contribution >= 4 is 17.6 Å². The van der Waals surface area contributed by atoms with E-state index in [1.807, 2.05) is 30.3 Å². The van der Waals surface area contributed by atoms with Crippen LogP contribution in [-0.2, 0) is 4.79 Å². The van der Waals surface area contributed by atoms with Gasteiger partial charge in [0.15, 0.2) is 5.96 Å². The van der Waals surface area contributed by atoms with Gasteiger partial charge in [-0.15, -0.1) is 0 Å². The van der Waals surface area contributed by atoms with Crippen molar-refractivity contribution in [2.24, 2.45) is 22.2 Å². The van der Waals surface area contributed by atoms with E-state index in [9.17, 15) is 4.79 Å². The first-order valence-corrected chi connectivity index (χ1v) is 3.93. The van der Waals surface area contributed by atoms with Crippen LogP contribution in [0.2, 0.25) is 0 Å². The highest BCUT2D eigenvalue weighted by Crippen LogP contribution is 2.07. The number of amides is 1. The Morgan fingerprint density at radius 1 is 1.13 bits per heavy atom. The van der Waals surface area contributed by atoms with E-state index in [1.54, 1.807) is 0 Å². The Morgan fingerprint density at radius 2 is 1.53 bits per heavy atom. The van der Waals surface area contributed by atoms with E-state index in [0.717, 1.165) is 5.69 Å². The van der Waals surface area contributed by atoms with Gasteiger partial charge < -0.3 is 17.2 Å². The average molecular weight is 210 g/mol. The van der Waals surface area contributed by atoms with Crippen molar-refractivity contribution in [3.8, 4) is 0 Å². The first-order chi connectivity index (χ1) is 6.52. The zero-order chi connectivity index (χ0) is 11.0. The molecule has 0 aliphatic heterocycles. The molecular formula is C10H18N4O. The first-order valence-electron chi connectivity index (χ1n) is 3.93. The lowest BCUT2D eigenvalue weighted by Crippen LogP contribution is -2.21. The van der Waals surface area contributed by atoms with E-state index < -0.39 is 0 Å². The zero-order valence-corrected chi connectivity index (χ0v) is 7.97. The predicted molar refractivity (Wildman–Crippen MR) is 63.5 cm³/mol. The van der Waals surface area contributed by atoms with Crippen molar-refractivity contribution in [3.05, 3.63) is 30.3 Å². The smallest absolute Gasteiger partial charge is 0.214 e. The largest absolute Gasteiger partial charge is 0.370 e. The molecule has 0 spiro atoms. The summed E-state index contributed by atoms with van der Waals surface area (Å²) in [5.74, 6) is -0.244. The second-order valence-corrected chi connectivity index (χ2v) is 2.48. The minimum atomic E-state index is -0.333. The highest BCUT2D eigenvalue weighted by molar-refractivity contribution is 5.78. The van der Waals surface area contributed by atoms with Gasteiger partial charge in [0.05, 0.1) is 5.69 Å². The van der Waals surface area contributed by atoms with Crippen LogP contribution in [-0.4, -0.2) is 11.9 Å². The van der Waals surface area contributed by atoms with Gasteiger partial charge in [-0.05, 0) is 12.1 Å². The van der Waals surface area contributed by atoms with Crippen LogP contribution in [0.3, 0.4) is 0 Å². The SMILES string of the molecule is C.CC(N)=O.NC(N)=Nc1ccccc1. The molecule has 0 heterocycles. The monoisotopic (exact) mass is 210 g/mol. The van der Waals surface area contributed by atoms with E-state index in [0.29, 0.717) is 0 Å². The molecule has 0 radical (unpaired) electrons. The molecule has 0 atom stereocenters. The Kier molecular flexibility index (Phi) is 8.80. The van der Waals surface area contributed by atoms with Crippen LogP contribution in [0.4, 0.5) is 5.69 Å². The molecule has 0 bridgehead atoms. The number of carbonyl (C=O) groups excluding carboxylic acids is 1. The van der Waals surface area contributed by atoms with E-state index in [-0.39, 0.29) is 19.3 Å². The maximum absolute atomic E-state index is 9.22. The third-order valence-electron chi connectivity index (χ3n) is 1.01. The summed E-state index contributed by atoms with van der Waals surface area (Å²) < 4.78 is 0. The fourth-order valence-corrected chi connectivity index (χ4v) is 0.652. The molecule has 5 heteroatoms. The number of primary amides is 1. The number of para-hydroxylation sites is 1. The van der Waals surface area contributed by atoms with Crippen molar-refractivity contribution in [2.45, 2.75) is 14.4 Å². The molecule has 0 unspecified atom stereocenters. The molecule has 0 aromatic heterocycles. The molecule has 0 saturated carbocycles. The summed E-state index contributed by atoms with van der Waals surface area (Å²) in [7, 11) is 0. The standard InChI is InChI=1S/C7H9N3.C2H5NO.CH4/c8-7(9)10-6-4-2-1-3-5-6;1-2(3)4;/h1-5H,(H4,8,9,10);1H3,(H2,3,4);1H4. The maximum atomic E-state index is 9.22. The fourth-order valence-electron chi connectivity index (χ4n) is 0.652. The summed E-state index contributed by atoms with van der Waals surface area (Å²) >= 11 is 0. The van der Waals surface area contributed by atoms with Gasteiger partial charge in [-0.3, -0.25) is 4.79 Å². The molecule has 0 aliphatic rings. The predicted octanol–water partition coefficient (Wildman–Crippen LogP) is 0.719. The summed E-state index contributed by atoms with van der Waals surface area (Å²) in [6, 6.07) is 9.33. The number of nitrogens with zero attached hydrogens (tertiary/aromatic N) is 1. The summed E-state index contributed by atoms with van der Waals surface area (Å²) in [5, 5.41) is 0. The van der Waals surface area contributed by atoms with Crippen molar-refractivity contribution < 1.29 is 4.79 Å². The average Bonchev–Trinajstić information content (AvgIpc) is 2.03.